The Morgan fingerprint density at radius 1 is 1.24 bits per heavy atom. The first-order valence-corrected chi connectivity index (χ1v) is 5.43. The van der Waals surface area contributed by atoms with E-state index in [0.29, 0.717) is 19.0 Å². The molecule has 3 rings (SSSR count). The molecule has 0 amide bonds. The zero-order chi connectivity index (χ0) is 11.8. The molecule has 88 valence electrons. The number of ether oxygens (including phenoxy) is 2. The Morgan fingerprint density at radius 3 is 2.71 bits per heavy atom. The van der Waals surface area contributed by atoms with Gasteiger partial charge in [-0.1, -0.05) is 6.07 Å². The molecule has 0 bridgehead atoms. The first-order chi connectivity index (χ1) is 8.24. The highest BCUT2D eigenvalue weighted by molar-refractivity contribution is 5.75. The topological polar surface area (TPSA) is 62.3 Å². The molecule has 2 aromatic rings. The zero-order valence-corrected chi connectivity index (χ0v) is 9.51. The van der Waals surface area contributed by atoms with Crippen molar-refractivity contribution in [2.75, 3.05) is 18.9 Å². The molecule has 0 spiro atoms. The Balaban J connectivity index is 2.06. The van der Waals surface area contributed by atoms with Gasteiger partial charge in [0.15, 0.2) is 17.3 Å². The number of nitrogens with two attached hydrogens (primary N) is 1. The molecule has 5 heteroatoms. The van der Waals surface area contributed by atoms with Gasteiger partial charge in [-0.25, -0.2) is 0 Å². The number of rotatable bonds is 1. The van der Waals surface area contributed by atoms with E-state index in [4.69, 9.17) is 15.2 Å². The van der Waals surface area contributed by atoms with Crippen molar-refractivity contribution in [1.82, 2.24) is 9.78 Å². The summed E-state index contributed by atoms with van der Waals surface area (Å²) in [5.74, 6) is 2.06. The molecule has 2 N–H and O–H groups in total. The molecule has 1 aliphatic rings. The lowest BCUT2D eigenvalue weighted by atomic mass is 10.1. The second-order valence-corrected chi connectivity index (χ2v) is 3.96. The molecule has 0 saturated carbocycles. The summed E-state index contributed by atoms with van der Waals surface area (Å²) in [7, 11) is 1.85. The highest BCUT2D eigenvalue weighted by atomic mass is 16.6. The molecular formula is C12H13N3O2. The van der Waals surface area contributed by atoms with E-state index in [1.165, 1.54) is 0 Å². The van der Waals surface area contributed by atoms with Crippen molar-refractivity contribution in [3.05, 3.63) is 24.4 Å². The van der Waals surface area contributed by atoms with Crippen LogP contribution in [0.1, 0.15) is 0 Å². The van der Waals surface area contributed by atoms with Crippen LogP contribution in [0.5, 0.6) is 11.5 Å². The molecule has 5 nitrogen and oxygen atoms in total. The quantitative estimate of drug-likeness (QED) is 0.806. The van der Waals surface area contributed by atoms with E-state index in [1.807, 2.05) is 31.4 Å². The van der Waals surface area contributed by atoms with Gasteiger partial charge in [-0.15, -0.1) is 0 Å². The molecule has 17 heavy (non-hydrogen) atoms. The van der Waals surface area contributed by atoms with Crippen LogP contribution in [-0.2, 0) is 7.05 Å². The van der Waals surface area contributed by atoms with Crippen LogP contribution in [0, 0.1) is 0 Å². The van der Waals surface area contributed by atoms with Gasteiger partial charge >= 0.3 is 0 Å². The van der Waals surface area contributed by atoms with E-state index >= 15 is 0 Å². The van der Waals surface area contributed by atoms with E-state index < -0.39 is 0 Å². The maximum absolute atomic E-state index is 5.85. The Labute approximate surface area is 98.8 Å². The number of nitrogen functional groups attached to an aromatic ring is 1. The van der Waals surface area contributed by atoms with Crippen molar-refractivity contribution < 1.29 is 9.47 Å². The Hall–Kier alpha value is -2.17. The van der Waals surface area contributed by atoms with Crippen molar-refractivity contribution in [3.63, 3.8) is 0 Å². The normalized spacial score (nSPS) is 13.7. The molecule has 0 radical (unpaired) electrons. The zero-order valence-electron chi connectivity index (χ0n) is 9.51. The van der Waals surface area contributed by atoms with Gasteiger partial charge in [-0.3, -0.25) is 4.68 Å². The smallest absolute Gasteiger partial charge is 0.161 e. The Morgan fingerprint density at radius 2 is 2.00 bits per heavy atom. The fourth-order valence-electron chi connectivity index (χ4n) is 1.94. The highest BCUT2D eigenvalue weighted by Crippen LogP contribution is 2.35. The van der Waals surface area contributed by atoms with Gasteiger partial charge in [0.1, 0.15) is 13.2 Å². The SMILES string of the molecule is Cn1cc(-c2ccc3c(c2)OCCO3)c(N)n1. The molecule has 1 aromatic carbocycles. The van der Waals surface area contributed by atoms with Crippen molar-refractivity contribution in [2.45, 2.75) is 0 Å². The second kappa shape index (κ2) is 3.69. The lowest BCUT2D eigenvalue weighted by Gasteiger charge is -2.18. The predicted octanol–water partition coefficient (Wildman–Crippen LogP) is 1.44. The van der Waals surface area contributed by atoms with Crippen molar-refractivity contribution in [1.29, 1.82) is 0 Å². The minimum atomic E-state index is 0.518. The van der Waals surface area contributed by atoms with Gasteiger partial charge < -0.3 is 15.2 Å². The summed E-state index contributed by atoms with van der Waals surface area (Å²) in [6.45, 7) is 1.18. The number of aryl methyl sites for hydroxylation is 1. The molecule has 0 unspecified atom stereocenters. The second-order valence-electron chi connectivity index (χ2n) is 3.96. The molecule has 2 heterocycles. The third-order valence-corrected chi connectivity index (χ3v) is 2.71. The van der Waals surface area contributed by atoms with Gasteiger partial charge in [0.05, 0.1) is 0 Å². The third-order valence-electron chi connectivity index (χ3n) is 2.71. The van der Waals surface area contributed by atoms with E-state index in [0.717, 1.165) is 22.6 Å². The number of aromatic nitrogens is 2. The highest BCUT2D eigenvalue weighted by Gasteiger charge is 2.14. The summed E-state index contributed by atoms with van der Waals surface area (Å²) in [5.41, 5.74) is 7.74. The average Bonchev–Trinajstić information content (AvgIpc) is 2.68. The molecule has 0 aliphatic carbocycles. The molecule has 1 aromatic heterocycles. The fraction of sp³-hybridized carbons (Fsp3) is 0.250. The Kier molecular flexibility index (Phi) is 2.18. The van der Waals surface area contributed by atoms with Crippen LogP contribution in [0.3, 0.4) is 0 Å². The summed E-state index contributed by atoms with van der Waals surface area (Å²) in [4.78, 5) is 0. The third kappa shape index (κ3) is 1.69. The summed E-state index contributed by atoms with van der Waals surface area (Å²) in [5, 5.41) is 4.12. The van der Waals surface area contributed by atoms with Crippen LogP contribution >= 0.6 is 0 Å². The van der Waals surface area contributed by atoms with Crippen LogP contribution in [0.4, 0.5) is 5.82 Å². The van der Waals surface area contributed by atoms with Gasteiger partial charge in [-0.05, 0) is 17.7 Å². The number of fused-ring (bicyclic) bond motifs is 1. The van der Waals surface area contributed by atoms with Crippen molar-refractivity contribution in [3.8, 4) is 22.6 Å². The predicted molar refractivity (Wildman–Crippen MR) is 64.0 cm³/mol. The standard InChI is InChI=1S/C12H13N3O2/c1-15-7-9(12(13)14-15)8-2-3-10-11(6-8)17-5-4-16-10/h2-3,6-7H,4-5H2,1H3,(H2,13,14). The number of benzene rings is 1. The first kappa shape index (κ1) is 10.0. The summed E-state index contributed by atoms with van der Waals surface area (Å²) < 4.78 is 12.7. The van der Waals surface area contributed by atoms with E-state index in [-0.39, 0.29) is 0 Å². The number of hydrogen-bond acceptors (Lipinski definition) is 4. The number of hydrogen-bond donors (Lipinski definition) is 1. The van der Waals surface area contributed by atoms with Crippen LogP contribution in [0.2, 0.25) is 0 Å². The monoisotopic (exact) mass is 231 g/mol. The van der Waals surface area contributed by atoms with E-state index in [2.05, 4.69) is 5.10 Å². The molecule has 0 saturated heterocycles. The lowest BCUT2D eigenvalue weighted by Crippen LogP contribution is -2.15. The average molecular weight is 231 g/mol. The largest absolute Gasteiger partial charge is 0.486 e. The van der Waals surface area contributed by atoms with Gasteiger partial charge in [0.25, 0.3) is 0 Å². The molecule has 0 fully saturated rings. The van der Waals surface area contributed by atoms with Crippen molar-refractivity contribution >= 4 is 5.82 Å². The van der Waals surface area contributed by atoms with Gasteiger partial charge in [0, 0.05) is 18.8 Å². The number of anilines is 1. The minimum Gasteiger partial charge on any atom is -0.486 e. The van der Waals surface area contributed by atoms with Crippen LogP contribution in [0.25, 0.3) is 11.1 Å². The summed E-state index contributed by atoms with van der Waals surface area (Å²) >= 11 is 0. The van der Waals surface area contributed by atoms with Gasteiger partial charge in [0.2, 0.25) is 0 Å². The van der Waals surface area contributed by atoms with Crippen LogP contribution < -0.4 is 15.2 Å². The van der Waals surface area contributed by atoms with E-state index in [9.17, 15) is 0 Å². The summed E-state index contributed by atoms with van der Waals surface area (Å²) in [6, 6.07) is 5.79. The maximum atomic E-state index is 5.85. The lowest BCUT2D eigenvalue weighted by molar-refractivity contribution is 0.171. The molecule has 1 aliphatic heterocycles. The maximum Gasteiger partial charge on any atom is 0.161 e. The first-order valence-electron chi connectivity index (χ1n) is 5.43. The van der Waals surface area contributed by atoms with Crippen molar-refractivity contribution in [2.24, 2.45) is 7.05 Å². The molecular weight excluding hydrogens is 218 g/mol. The van der Waals surface area contributed by atoms with Crippen LogP contribution in [0.15, 0.2) is 24.4 Å². The number of nitrogens with zero attached hydrogens (tertiary/aromatic N) is 2. The minimum absolute atomic E-state index is 0.518. The van der Waals surface area contributed by atoms with Crippen LogP contribution in [-0.4, -0.2) is 23.0 Å². The van der Waals surface area contributed by atoms with E-state index in [1.54, 1.807) is 4.68 Å². The van der Waals surface area contributed by atoms with Gasteiger partial charge in [-0.2, -0.15) is 5.10 Å². The summed E-state index contributed by atoms with van der Waals surface area (Å²) in [6.07, 6.45) is 1.89. The fourth-order valence-corrected chi connectivity index (χ4v) is 1.94. The Bertz CT molecular complexity index is 563. The molecule has 0 atom stereocenters.